The van der Waals surface area contributed by atoms with Crippen LogP contribution in [0.25, 0.3) is 0 Å². The van der Waals surface area contributed by atoms with Crippen LogP contribution in [0.2, 0.25) is 0 Å². The van der Waals surface area contributed by atoms with E-state index in [0.29, 0.717) is 12.8 Å². The molecule has 0 aliphatic heterocycles. The third kappa shape index (κ3) is 37.8. The van der Waals surface area contributed by atoms with E-state index >= 15 is 0 Å². The van der Waals surface area contributed by atoms with Gasteiger partial charge in [0.15, 0.2) is 0 Å². The van der Waals surface area contributed by atoms with Crippen molar-refractivity contribution in [3.63, 3.8) is 0 Å². The molecule has 0 spiro atoms. The SMILES string of the molecule is CC/C=C\C/C=C\C/C=C\C/C=C\C/C=C\C/C=C\CCCCC(=O)OC(CCCCCCCCCCCCCCCCC)CC(=O)O. The highest BCUT2D eigenvalue weighted by molar-refractivity contribution is 5.71. The number of carboxylic acid groups (broad SMARTS) is 1. The molecule has 0 rings (SSSR count). The first-order chi connectivity index (χ1) is 23.6. The van der Waals surface area contributed by atoms with Crippen molar-refractivity contribution >= 4 is 11.9 Å². The fourth-order valence-electron chi connectivity index (χ4n) is 5.56. The van der Waals surface area contributed by atoms with Crippen molar-refractivity contribution in [2.45, 2.75) is 193 Å². The predicted octanol–water partition coefficient (Wildman–Crippen LogP) is 13.9. The van der Waals surface area contributed by atoms with Crippen molar-refractivity contribution < 1.29 is 19.4 Å². The Hall–Kier alpha value is -2.62. The van der Waals surface area contributed by atoms with E-state index in [4.69, 9.17) is 4.74 Å². The first-order valence-electron chi connectivity index (χ1n) is 19.9. The largest absolute Gasteiger partial charge is 0.481 e. The highest BCUT2D eigenvalue weighted by Crippen LogP contribution is 2.16. The number of esters is 1. The third-order valence-electron chi connectivity index (χ3n) is 8.43. The summed E-state index contributed by atoms with van der Waals surface area (Å²) in [6, 6.07) is 0. The number of allylic oxidation sites excluding steroid dienone is 12. The standard InChI is InChI=1S/C44H74O4/c1-3-5-7-9-11-13-15-17-19-20-21-22-23-24-26-28-30-32-34-36-38-40-44(47)48-42(41-43(45)46)39-37-35-33-31-29-27-25-18-16-14-12-10-8-6-4-2/h5,7,11,13,17,19,21-22,24,26,30,32,42H,3-4,6,8-10,12,14-16,18,20,23,25,27-29,31,33-41H2,1-2H3,(H,45,46)/b7-5-,13-11-,19-17-,22-21-,26-24-,32-30-. The predicted molar refractivity (Wildman–Crippen MR) is 208 cm³/mol. The molecule has 0 aliphatic carbocycles. The number of unbranched alkanes of at least 4 members (excludes halogenated alkanes) is 16. The normalized spacial score (nSPS) is 13.0. The van der Waals surface area contributed by atoms with E-state index in [0.717, 1.165) is 70.6 Å². The highest BCUT2D eigenvalue weighted by Gasteiger charge is 2.17. The summed E-state index contributed by atoms with van der Waals surface area (Å²) >= 11 is 0. The molecule has 0 radical (unpaired) electrons. The zero-order valence-electron chi connectivity index (χ0n) is 31.3. The van der Waals surface area contributed by atoms with E-state index in [-0.39, 0.29) is 12.4 Å². The number of carboxylic acids is 1. The molecule has 0 saturated carbocycles. The van der Waals surface area contributed by atoms with Gasteiger partial charge in [-0.05, 0) is 70.6 Å². The lowest BCUT2D eigenvalue weighted by molar-refractivity contribution is -0.153. The Kier molecular flexibility index (Phi) is 36.7. The lowest BCUT2D eigenvalue weighted by Gasteiger charge is -2.16. The maximum absolute atomic E-state index is 12.3. The Bertz CT molecular complexity index is 892. The third-order valence-corrected chi connectivity index (χ3v) is 8.43. The molecule has 0 aromatic rings. The topological polar surface area (TPSA) is 63.6 Å². The molecule has 0 bridgehead atoms. The number of aliphatic carboxylic acids is 1. The van der Waals surface area contributed by atoms with E-state index in [1.807, 2.05) is 0 Å². The van der Waals surface area contributed by atoms with Crippen LogP contribution >= 0.6 is 0 Å². The second kappa shape index (κ2) is 38.8. The van der Waals surface area contributed by atoms with E-state index in [1.54, 1.807) is 0 Å². The van der Waals surface area contributed by atoms with Gasteiger partial charge in [0.1, 0.15) is 6.10 Å². The molecule has 0 fully saturated rings. The van der Waals surface area contributed by atoms with Gasteiger partial charge in [0.25, 0.3) is 0 Å². The summed E-state index contributed by atoms with van der Waals surface area (Å²) < 4.78 is 5.56. The van der Waals surface area contributed by atoms with Crippen molar-refractivity contribution in [2.24, 2.45) is 0 Å². The minimum Gasteiger partial charge on any atom is -0.481 e. The highest BCUT2D eigenvalue weighted by atomic mass is 16.5. The van der Waals surface area contributed by atoms with Crippen molar-refractivity contribution in [2.75, 3.05) is 0 Å². The smallest absolute Gasteiger partial charge is 0.307 e. The molecule has 48 heavy (non-hydrogen) atoms. The fraction of sp³-hybridized carbons (Fsp3) is 0.682. The lowest BCUT2D eigenvalue weighted by Crippen LogP contribution is -2.21. The maximum atomic E-state index is 12.3. The molecule has 1 atom stereocenters. The monoisotopic (exact) mass is 667 g/mol. The number of carbonyl (C=O) groups is 2. The van der Waals surface area contributed by atoms with Gasteiger partial charge in [-0.25, -0.2) is 0 Å². The molecule has 1 N–H and O–H groups in total. The Labute approximate surface area is 297 Å². The van der Waals surface area contributed by atoms with Gasteiger partial charge >= 0.3 is 11.9 Å². The van der Waals surface area contributed by atoms with Crippen molar-refractivity contribution in [3.05, 3.63) is 72.9 Å². The van der Waals surface area contributed by atoms with Gasteiger partial charge in [0.05, 0.1) is 6.42 Å². The van der Waals surface area contributed by atoms with Crippen molar-refractivity contribution in [1.29, 1.82) is 0 Å². The minimum absolute atomic E-state index is 0.0944. The van der Waals surface area contributed by atoms with Crippen LogP contribution in [0.5, 0.6) is 0 Å². The summed E-state index contributed by atoms with van der Waals surface area (Å²) in [4.78, 5) is 23.6. The quantitative estimate of drug-likeness (QED) is 0.0415. The Balaban J connectivity index is 3.78. The summed E-state index contributed by atoms with van der Waals surface area (Å²) in [7, 11) is 0. The Morgan fingerprint density at radius 3 is 1.31 bits per heavy atom. The summed E-state index contributed by atoms with van der Waals surface area (Å²) in [5, 5.41) is 9.27. The first-order valence-corrected chi connectivity index (χ1v) is 19.9. The molecular formula is C44H74O4. The first kappa shape index (κ1) is 45.4. The van der Waals surface area contributed by atoms with E-state index in [9.17, 15) is 14.7 Å². The second-order valence-corrected chi connectivity index (χ2v) is 13.1. The summed E-state index contributed by atoms with van der Waals surface area (Å²) in [5.74, 6) is -1.16. The molecule has 0 aromatic heterocycles. The molecule has 4 nitrogen and oxygen atoms in total. The van der Waals surface area contributed by atoms with Crippen molar-refractivity contribution in [3.8, 4) is 0 Å². The average Bonchev–Trinajstić information content (AvgIpc) is 3.06. The molecular weight excluding hydrogens is 592 g/mol. The minimum atomic E-state index is -0.897. The van der Waals surface area contributed by atoms with Crippen LogP contribution in [0.1, 0.15) is 187 Å². The van der Waals surface area contributed by atoms with Crippen LogP contribution in [0, 0.1) is 0 Å². The van der Waals surface area contributed by atoms with Crippen LogP contribution in [-0.4, -0.2) is 23.1 Å². The van der Waals surface area contributed by atoms with E-state index in [1.165, 1.54) is 83.5 Å². The number of ether oxygens (including phenoxy) is 1. The van der Waals surface area contributed by atoms with Gasteiger partial charge in [-0.2, -0.15) is 0 Å². The Morgan fingerprint density at radius 1 is 0.500 bits per heavy atom. The molecule has 0 heterocycles. The number of hydrogen-bond donors (Lipinski definition) is 1. The van der Waals surface area contributed by atoms with Crippen LogP contribution in [0.15, 0.2) is 72.9 Å². The fourth-order valence-corrected chi connectivity index (χ4v) is 5.56. The summed E-state index contributed by atoms with van der Waals surface area (Å²) in [6.45, 7) is 4.42. The van der Waals surface area contributed by atoms with Crippen LogP contribution in [-0.2, 0) is 14.3 Å². The summed E-state index contributed by atoms with van der Waals surface area (Å²) in [5.41, 5.74) is 0. The van der Waals surface area contributed by atoms with Crippen molar-refractivity contribution in [1.82, 2.24) is 0 Å². The molecule has 0 aromatic carbocycles. The summed E-state index contributed by atoms with van der Waals surface area (Å²) in [6.07, 6.45) is 54.9. The van der Waals surface area contributed by atoms with Gasteiger partial charge in [0.2, 0.25) is 0 Å². The Morgan fingerprint density at radius 2 is 0.896 bits per heavy atom. The van der Waals surface area contributed by atoms with E-state index in [2.05, 4.69) is 86.8 Å². The molecule has 274 valence electrons. The van der Waals surface area contributed by atoms with Crippen LogP contribution in [0.3, 0.4) is 0 Å². The van der Waals surface area contributed by atoms with Crippen LogP contribution in [0.4, 0.5) is 0 Å². The number of hydrogen-bond acceptors (Lipinski definition) is 3. The van der Waals surface area contributed by atoms with E-state index < -0.39 is 12.1 Å². The molecule has 0 aliphatic rings. The molecule has 0 saturated heterocycles. The average molecular weight is 667 g/mol. The number of carbonyl (C=O) groups excluding carboxylic acids is 1. The maximum Gasteiger partial charge on any atom is 0.307 e. The second-order valence-electron chi connectivity index (χ2n) is 13.1. The van der Waals surface area contributed by atoms with Gasteiger partial charge in [0, 0.05) is 6.42 Å². The van der Waals surface area contributed by atoms with Gasteiger partial charge < -0.3 is 9.84 Å². The number of rotatable bonds is 35. The zero-order chi connectivity index (χ0) is 35.0. The lowest BCUT2D eigenvalue weighted by atomic mass is 10.0. The molecule has 4 heteroatoms. The molecule has 0 amide bonds. The van der Waals surface area contributed by atoms with Gasteiger partial charge in [-0.1, -0.05) is 177 Å². The zero-order valence-corrected chi connectivity index (χ0v) is 31.3. The van der Waals surface area contributed by atoms with Gasteiger partial charge in [-0.15, -0.1) is 0 Å². The van der Waals surface area contributed by atoms with Crippen LogP contribution < -0.4 is 0 Å². The molecule has 1 unspecified atom stereocenters. The van der Waals surface area contributed by atoms with Gasteiger partial charge in [-0.3, -0.25) is 9.59 Å².